The van der Waals surface area contributed by atoms with Gasteiger partial charge in [-0.3, -0.25) is 4.79 Å². The van der Waals surface area contributed by atoms with E-state index >= 15 is 0 Å². The molecule has 0 bridgehead atoms. The summed E-state index contributed by atoms with van der Waals surface area (Å²) in [5.74, 6) is 0.191. The Labute approximate surface area is 128 Å². The average molecular weight is 305 g/mol. The number of hydrogen-bond acceptors (Lipinski definition) is 2. The third-order valence-electron chi connectivity index (χ3n) is 3.83. The molecule has 0 N–H and O–H groups in total. The number of hydrogen-bond donors (Lipinski definition) is 0. The van der Waals surface area contributed by atoms with Crippen molar-refractivity contribution in [3.05, 3.63) is 56.2 Å². The van der Waals surface area contributed by atoms with E-state index in [9.17, 15) is 4.79 Å². The molecule has 0 amide bonds. The van der Waals surface area contributed by atoms with E-state index < -0.39 is 0 Å². The van der Waals surface area contributed by atoms with Gasteiger partial charge in [0, 0.05) is 16.3 Å². The lowest BCUT2D eigenvalue weighted by Gasteiger charge is -2.01. The van der Waals surface area contributed by atoms with Crippen LogP contribution in [-0.4, -0.2) is 5.78 Å². The van der Waals surface area contributed by atoms with Crippen LogP contribution in [0, 0.1) is 0 Å². The molecule has 1 aromatic carbocycles. The first-order valence-corrected chi connectivity index (χ1v) is 8.31. The predicted octanol–water partition coefficient (Wildman–Crippen LogP) is 5.10. The predicted molar refractivity (Wildman–Crippen MR) is 85.1 cm³/mol. The van der Waals surface area contributed by atoms with Gasteiger partial charge in [-0.05, 0) is 48.9 Å². The van der Waals surface area contributed by atoms with Crippen molar-refractivity contribution in [3.63, 3.8) is 0 Å². The Morgan fingerprint density at radius 3 is 2.80 bits per heavy atom. The zero-order chi connectivity index (χ0) is 13.9. The fourth-order valence-corrected chi connectivity index (χ4v) is 4.10. The average Bonchev–Trinajstić information content (AvgIpc) is 2.73. The number of rotatable bonds is 3. The number of benzene rings is 1. The highest BCUT2D eigenvalue weighted by molar-refractivity contribution is 7.14. The van der Waals surface area contributed by atoms with E-state index in [4.69, 9.17) is 11.6 Å². The van der Waals surface area contributed by atoms with E-state index in [1.165, 1.54) is 29.7 Å². The van der Waals surface area contributed by atoms with Crippen molar-refractivity contribution in [2.75, 3.05) is 0 Å². The molecule has 1 aliphatic rings. The van der Waals surface area contributed by atoms with Gasteiger partial charge in [0.1, 0.15) is 0 Å². The van der Waals surface area contributed by atoms with Crippen LogP contribution in [0.1, 0.15) is 44.9 Å². The lowest BCUT2D eigenvalue weighted by atomic mass is 10.1. The molecule has 3 heteroatoms. The fraction of sp³-hybridized carbons (Fsp3) is 0.353. The summed E-state index contributed by atoms with van der Waals surface area (Å²) in [6, 6.07) is 9.71. The minimum atomic E-state index is 0.191. The molecular formula is C17H17ClOS. The van der Waals surface area contributed by atoms with Gasteiger partial charge < -0.3 is 0 Å². The molecule has 1 aliphatic carbocycles. The summed E-state index contributed by atoms with van der Waals surface area (Å²) in [4.78, 5) is 14.7. The Hall–Kier alpha value is -1.12. The largest absolute Gasteiger partial charge is 0.293 e. The number of halogens is 1. The first kappa shape index (κ1) is 13.8. The highest BCUT2D eigenvalue weighted by atomic mass is 35.5. The van der Waals surface area contributed by atoms with Gasteiger partial charge >= 0.3 is 0 Å². The normalized spacial score (nSPS) is 14.7. The molecule has 0 spiro atoms. The van der Waals surface area contributed by atoms with Gasteiger partial charge in [0.05, 0.1) is 4.88 Å². The summed E-state index contributed by atoms with van der Waals surface area (Å²) in [7, 11) is 0. The number of Topliss-reactive ketones (excluding diaryl/α,β-unsaturated/α-hetero) is 1. The number of ketones is 1. The fourth-order valence-electron chi connectivity index (χ4n) is 2.71. The van der Waals surface area contributed by atoms with Gasteiger partial charge in [-0.25, -0.2) is 0 Å². The third-order valence-corrected chi connectivity index (χ3v) is 5.48. The van der Waals surface area contributed by atoms with Gasteiger partial charge in [-0.1, -0.05) is 36.2 Å². The standard InChI is InChI=1S/C17H17ClOS/c18-14-8-5-4-6-12(14)10-15(19)17-11-13-7-2-1-3-9-16(13)20-17/h4-6,8,11H,1-3,7,9-10H2. The van der Waals surface area contributed by atoms with Crippen molar-refractivity contribution in [2.45, 2.75) is 38.5 Å². The molecule has 0 saturated heterocycles. The molecule has 104 valence electrons. The number of fused-ring (bicyclic) bond motifs is 1. The van der Waals surface area contributed by atoms with Crippen LogP contribution in [0.15, 0.2) is 30.3 Å². The first-order valence-electron chi connectivity index (χ1n) is 7.12. The Morgan fingerprint density at radius 2 is 1.95 bits per heavy atom. The molecule has 0 atom stereocenters. The molecule has 3 rings (SSSR count). The molecule has 1 aromatic heterocycles. The Bertz CT molecular complexity index is 606. The monoisotopic (exact) mass is 304 g/mol. The van der Waals surface area contributed by atoms with Gasteiger partial charge in [0.2, 0.25) is 0 Å². The molecular weight excluding hydrogens is 288 g/mol. The van der Waals surface area contributed by atoms with E-state index in [0.717, 1.165) is 23.3 Å². The summed E-state index contributed by atoms with van der Waals surface area (Å²) in [5, 5.41) is 0.680. The maximum Gasteiger partial charge on any atom is 0.177 e. The van der Waals surface area contributed by atoms with Gasteiger partial charge in [-0.15, -0.1) is 11.3 Å². The van der Waals surface area contributed by atoms with E-state index in [0.29, 0.717) is 11.4 Å². The second kappa shape index (κ2) is 6.11. The quantitative estimate of drug-likeness (QED) is 0.570. The molecule has 0 fully saturated rings. The van der Waals surface area contributed by atoms with Crippen LogP contribution in [-0.2, 0) is 19.3 Å². The minimum Gasteiger partial charge on any atom is -0.293 e. The van der Waals surface area contributed by atoms with Crippen LogP contribution >= 0.6 is 22.9 Å². The summed E-state index contributed by atoms with van der Waals surface area (Å²) in [5.41, 5.74) is 2.32. The van der Waals surface area contributed by atoms with Crippen LogP contribution in [0.25, 0.3) is 0 Å². The Kier molecular flexibility index (Phi) is 4.23. The number of carbonyl (C=O) groups excluding carboxylic acids is 1. The number of aryl methyl sites for hydroxylation is 2. The molecule has 20 heavy (non-hydrogen) atoms. The molecule has 1 heterocycles. The van der Waals surface area contributed by atoms with Crippen LogP contribution < -0.4 is 0 Å². The van der Waals surface area contributed by atoms with E-state index in [1.54, 1.807) is 11.3 Å². The zero-order valence-electron chi connectivity index (χ0n) is 11.3. The van der Waals surface area contributed by atoms with Crippen molar-refractivity contribution in [2.24, 2.45) is 0 Å². The van der Waals surface area contributed by atoms with E-state index in [2.05, 4.69) is 6.07 Å². The number of thiophene rings is 1. The van der Waals surface area contributed by atoms with Crippen LogP contribution in [0.2, 0.25) is 5.02 Å². The van der Waals surface area contributed by atoms with Crippen LogP contribution in [0.4, 0.5) is 0 Å². The molecule has 0 aliphatic heterocycles. The van der Waals surface area contributed by atoms with Crippen molar-refractivity contribution >= 4 is 28.7 Å². The first-order chi connectivity index (χ1) is 9.74. The topological polar surface area (TPSA) is 17.1 Å². The maximum atomic E-state index is 12.4. The van der Waals surface area contributed by atoms with Crippen molar-refractivity contribution < 1.29 is 4.79 Å². The Morgan fingerprint density at radius 1 is 1.15 bits per heavy atom. The lowest BCUT2D eigenvalue weighted by molar-refractivity contribution is 0.0997. The van der Waals surface area contributed by atoms with Crippen molar-refractivity contribution in [1.29, 1.82) is 0 Å². The van der Waals surface area contributed by atoms with Crippen LogP contribution in [0.3, 0.4) is 0 Å². The van der Waals surface area contributed by atoms with Crippen LogP contribution in [0.5, 0.6) is 0 Å². The highest BCUT2D eigenvalue weighted by Crippen LogP contribution is 2.30. The number of carbonyl (C=O) groups is 1. The summed E-state index contributed by atoms with van der Waals surface area (Å²) in [6.07, 6.45) is 6.49. The molecule has 2 aromatic rings. The Balaban J connectivity index is 1.79. The summed E-state index contributed by atoms with van der Waals surface area (Å²) >= 11 is 7.82. The smallest absolute Gasteiger partial charge is 0.177 e. The van der Waals surface area contributed by atoms with Crippen molar-refractivity contribution in [1.82, 2.24) is 0 Å². The van der Waals surface area contributed by atoms with Gasteiger partial charge in [0.25, 0.3) is 0 Å². The maximum absolute atomic E-state index is 12.4. The highest BCUT2D eigenvalue weighted by Gasteiger charge is 2.17. The minimum absolute atomic E-state index is 0.191. The van der Waals surface area contributed by atoms with Gasteiger partial charge in [0.15, 0.2) is 5.78 Å². The molecule has 0 radical (unpaired) electrons. The zero-order valence-corrected chi connectivity index (χ0v) is 12.9. The second-order valence-electron chi connectivity index (χ2n) is 5.31. The molecule has 1 nitrogen and oxygen atoms in total. The van der Waals surface area contributed by atoms with Gasteiger partial charge in [-0.2, -0.15) is 0 Å². The van der Waals surface area contributed by atoms with E-state index in [1.807, 2.05) is 24.3 Å². The van der Waals surface area contributed by atoms with E-state index in [-0.39, 0.29) is 5.78 Å². The molecule has 0 saturated carbocycles. The SMILES string of the molecule is O=C(Cc1ccccc1Cl)c1cc2c(s1)CCCCC2. The third kappa shape index (κ3) is 2.97. The lowest BCUT2D eigenvalue weighted by Crippen LogP contribution is -2.01. The second-order valence-corrected chi connectivity index (χ2v) is 6.86. The summed E-state index contributed by atoms with van der Waals surface area (Å²) < 4.78 is 0. The molecule has 0 unspecified atom stereocenters. The summed E-state index contributed by atoms with van der Waals surface area (Å²) in [6.45, 7) is 0. The van der Waals surface area contributed by atoms with Crippen molar-refractivity contribution in [3.8, 4) is 0 Å².